The van der Waals surface area contributed by atoms with Crippen molar-refractivity contribution in [3.63, 3.8) is 0 Å². The summed E-state index contributed by atoms with van der Waals surface area (Å²) in [4.78, 5) is 23.8. The number of nitrogens with one attached hydrogen (secondary N) is 2. The number of H-pyrrole nitrogens is 1. The summed E-state index contributed by atoms with van der Waals surface area (Å²) in [5, 5.41) is 3.58. The highest BCUT2D eigenvalue weighted by Gasteiger charge is 2.43. The summed E-state index contributed by atoms with van der Waals surface area (Å²) in [6.45, 7) is 0. The molecule has 7 heteroatoms. The molecule has 5 rings (SSSR count). The zero-order valence-corrected chi connectivity index (χ0v) is 13.9. The van der Waals surface area contributed by atoms with E-state index in [1.54, 1.807) is 12.3 Å². The molecule has 26 heavy (non-hydrogen) atoms. The van der Waals surface area contributed by atoms with E-state index >= 15 is 0 Å². The number of nitrogens with zero attached hydrogens (tertiary/aromatic N) is 2. The third-order valence-electron chi connectivity index (χ3n) is 4.70. The number of ether oxygens (including phenoxy) is 1. The van der Waals surface area contributed by atoms with E-state index < -0.39 is 12.1 Å². The van der Waals surface area contributed by atoms with Crippen LogP contribution >= 0.6 is 0 Å². The Morgan fingerprint density at radius 2 is 2.12 bits per heavy atom. The third kappa shape index (κ3) is 2.79. The van der Waals surface area contributed by atoms with Gasteiger partial charge in [0.15, 0.2) is 0 Å². The number of alkyl halides is 1. The number of carbonyl (C=O) groups excluding carboxylic acids is 1. The highest BCUT2D eigenvalue weighted by Crippen LogP contribution is 2.37. The van der Waals surface area contributed by atoms with Crippen molar-refractivity contribution in [3.8, 4) is 17.0 Å². The van der Waals surface area contributed by atoms with Gasteiger partial charge < -0.3 is 15.0 Å². The Hall–Kier alpha value is -2.96. The molecule has 2 saturated carbocycles. The molecule has 2 unspecified atom stereocenters. The van der Waals surface area contributed by atoms with E-state index in [2.05, 4.69) is 20.3 Å². The molecule has 132 valence electrons. The Balaban J connectivity index is 1.45. The molecule has 0 radical (unpaired) electrons. The van der Waals surface area contributed by atoms with E-state index in [0.29, 0.717) is 23.8 Å². The van der Waals surface area contributed by atoms with Crippen molar-refractivity contribution in [1.82, 2.24) is 15.0 Å². The van der Waals surface area contributed by atoms with Crippen LogP contribution in [0.15, 0.2) is 36.7 Å². The molecule has 2 fully saturated rings. The normalized spacial score (nSPS) is 21.6. The third-order valence-corrected chi connectivity index (χ3v) is 4.70. The number of carbonyl (C=O) groups is 1. The second kappa shape index (κ2) is 5.79. The second-order valence-electron chi connectivity index (χ2n) is 6.82. The van der Waals surface area contributed by atoms with Gasteiger partial charge in [-0.1, -0.05) is 0 Å². The molecular weight excluding hydrogens is 335 g/mol. The summed E-state index contributed by atoms with van der Waals surface area (Å²) >= 11 is 0. The molecule has 6 nitrogen and oxygen atoms in total. The number of amides is 1. The van der Waals surface area contributed by atoms with Crippen molar-refractivity contribution in [2.75, 3.05) is 5.32 Å². The fraction of sp³-hybridized carbons (Fsp3) is 0.316. The Morgan fingerprint density at radius 1 is 1.27 bits per heavy atom. The van der Waals surface area contributed by atoms with Gasteiger partial charge in [0.1, 0.15) is 23.7 Å². The zero-order chi connectivity index (χ0) is 17.7. The van der Waals surface area contributed by atoms with Gasteiger partial charge in [0.25, 0.3) is 0 Å². The Labute approximate surface area is 148 Å². The first-order valence-corrected chi connectivity index (χ1v) is 8.74. The minimum atomic E-state index is -1.02. The average molecular weight is 352 g/mol. The molecule has 3 heterocycles. The minimum absolute atomic E-state index is 0.260. The molecule has 0 spiro atoms. The lowest BCUT2D eigenvalue weighted by molar-refractivity contribution is -0.117. The summed E-state index contributed by atoms with van der Waals surface area (Å²) in [6, 6.07) is 7.46. The van der Waals surface area contributed by atoms with Crippen LogP contribution < -0.4 is 10.1 Å². The number of halogens is 1. The summed E-state index contributed by atoms with van der Waals surface area (Å²) in [5.74, 6) is 0.180. The minimum Gasteiger partial charge on any atom is -0.474 e. The van der Waals surface area contributed by atoms with Crippen molar-refractivity contribution in [3.05, 3.63) is 36.7 Å². The largest absolute Gasteiger partial charge is 0.474 e. The van der Waals surface area contributed by atoms with Gasteiger partial charge in [0.2, 0.25) is 11.8 Å². The Kier molecular flexibility index (Phi) is 3.41. The first-order valence-electron chi connectivity index (χ1n) is 8.74. The first kappa shape index (κ1) is 15.3. The maximum atomic E-state index is 13.0. The molecule has 2 N–H and O–H groups in total. The van der Waals surface area contributed by atoms with Crippen molar-refractivity contribution >= 4 is 22.8 Å². The average Bonchev–Trinajstić information content (AvgIpc) is 3.55. The van der Waals surface area contributed by atoms with Crippen LogP contribution in [-0.4, -0.2) is 33.1 Å². The molecular formula is C19H17FN4O2. The number of pyridine rings is 2. The van der Waals surface area contributed by atoms with E-state index in [0.717, 1.165) is 29.4 Å². The fourth-order valence-electron chi connectivity index (χ4n) is 2.98. The van der Waals surface area contributed by atoms with Crippen LogP contribution in [0, 0.1) is 5.92 Å². The predicted octanol–water partition coefficient (Wildman–Crippen LogP) is 3.46. The molecule has 0 aliphatic heterocycles. The number of rotatable bonds is 5. The van der Waals surface area contributed by atoms with Gasteiger partial charge >= 0.3 is 0 Å². The van der Waals surface area contributed by atoms with Crippen molar-refractivity contribution in [2.24, 2.45) is 5.92 Å². The lowest BCUT2D eigenvalue weighted by Crippen LogP contribution is -2.15. The maximum Gasteiger partial charge on any atom is 0.231 e. The molecule has 0 bridgehead atoms. The van der Waals surface area contributed by atoms with E-state index in [1.165, 1.54) is 0 Å². The number of hydrogen-bond donors (Lipinski definition) is 2. The molecule has 2 aliphatic rings. The van der Waals surface area contributed by atoms with Crippen LogP contribution in [0.1, 0.15) is 19.3 Å². The smallest absolute Gasteiger partial charge is 0.231 e. The number of aromatic nitrogens is 3. The standard InChI is InChI=1S/C19H17FN4O2/c20-15-8-13(15)18(25)24-16-6-5-11-14(9-22-17(11)23-16)12-2-1-7-21-19(12)26-10-3-4-10/h1-2,5-7,9-10,13,15H,3-4,8H2,(H2,22,23,24,25). The van der Waals surface area contributed by atoms with Crippen LogP contribution in [-0.2, 0) is 4.79 Å². The summed E-state index contributed by atoms with van der Waals surface area (Å²) in [6.07, 6.45) is 5.24. The molecule has 3 aromatic rings. The van der Waals surface area contributed by atoms with Gasteiger partial charge in [-0.2, -0.15) is 0 Å². The van der Waals surface area contributed by atoms with Gasteiger partial charge in [-0.3, -0.25) is 4.79 Å². The van der Waals surface area contributed by atoms with E-state index in [-0.39, 0.29) is 12.0 Å². The summed E-state index contributed by atoms with van der Waals surface area (Å²) in [7, 11) is 0. The van der Waals surface area contributed by atoms with Gasteiger partial charge in [0, 0.05) is 28.9 Å². The predicted molar refractivity (Wildman–Crippen MR) is 94.6 cm³/mol. The van der Waals surface area contributed by atoms with Crippen LogP contribution in [0.2, 0.25) is 0 Å². The molecule has 2 aliphatic carbocycles. The van der Waals surface area contributed by atoms with E-state index in [1.807, 2.05) is 24.4 Å². The van der Waals surface area contributed by atoms with Gasteiger partial charge in [-0.05, 0) is 43.5 Å². The van der Waals surface area contributed by atoms with Crippen LogP contribution in [0.4, 0.5) is 10.2 Å². The van der Waals surface area contributed by atoms with E-state index in [9.17, 15) is 9.18 Å². The summed E-state index contributed by atoms with van der Waals surface area (Å²) in [5.41, 5.74) is 2.49. The number of aromatic amines is 1. The molecule has 1 amide bonds. The number of fused-ring (bicyclic) bond motifs is 1. The van der Waals surface area contributed by atoms with Gasteiger partial charge in [0.05, 0.1) is 5.92 Å². The Bertz CT molecular complexity index is 998. The highest BCUT2D eigenvalue weighted by molar-refractivity contribution is 5.98. The first-order chi connectivity index (χ1) is 12.7. The molecule has 2 atom stereocenters. The van der Waals surface area contributed by atoms with Crippen molar-refractivity contribution in [1.29, 1.82) is 0 Å². The fourth-order valence-corrected chi connectivity index (χ4v) is 2.98. The van der Waals surface area contributed by atoms with Gasteiger partial charge in [-0.15, -0.1) is 0 Å². The SMILES string of the molecule is O=C(Nc1ccc2c(-c3cccnc3OC3CC3)c[nH]c2n1)C1CC1F. The lowest BCUT2D eigenvalue weighted by Gasteiger charge is -2.09. The number of anilines is 1. The zero-order valence-electron chi connectivity index (χ0n) is 13.9. The highest BCUT2D eigenvalue weighted by atomic mass is 19.1. The van der Waals surface area contributed by atoms with Crippen molar-refractivity contribution < 1.29 is 13.9 Å². The molecule has 0 saturated heterocycles. The lowest BCUT2D eigenvalue weighted by atomic mass is 10.1. The van der Waals surface area contributed by atoms with Gasteiger partial charge in [-0.25, -0.2) is 14.4 Å². The van der Waals surface area contributed by atoms with Crippen LogP contribution in [0.3, 0.4) is 0 Å². The van der Waals surface area contributed by atoms with Crippen LogP contribution in [0.25, 0.3) is 22.2 Å². The molecule has 0 aromatic carbocycles. The maximum absolute atomic E-state index is 13.0. The quantitative estimate of drug-likeness (QED) is 0.737. The van der Waals surface area contributed by atoms with Crippen molar-refractivity contribution in [2.45, 2.75) is 31.5 Å². The monoisotopic (exact) mass is 352 g/mol. The summed E-state index contributed by atoms with van der Waals surface area (Å²) < 4.78 is 18.9. The topological polar surface area (TPSA) is 79.9 Å². The van der Waals surface area contributed by atoms with Crippen LogP contribution in [0.5, 0.6) is 5.88 Å². The Morgan fingerprint density at radius 3 is 2.88 bits per heavy atom. The second-order valence-corrected chi connectivity index (χ2v) is 6.82. The van der Waals surface area contributed by atoms with E-state index in [4.69, 9.17) is 4.74 Å². The number of hydrogen-bond acceptors (Lipinski definition) is 4. The molecule has 3 aromatic heterocycles.